The minimum Gasteiger partial charge on any atom is -0.385 e. The number of hydrogen-bond acceptors (Lipinski definition) is 5. The Morgan fingerprint density at radius 2 is 2.00 bits per heavy atom. The number of aromatic nitrogens is 2. The van der Waals surface area contributed by atoms with Crippen LogP contribution in [0.25, 0.3) is 0 Å². The van der Waals surface area contributed by atoms with Gasteiger partial charge in [0.25, 0.3) is 5.56 Å². The molecule has 0 radical (unpaired) electrons. The van der Waals surface area contributed by atoms with Crippen LogP contribution in [0.3, 0.4) is 0 Å². The van der Waals surface area contributed by atoms with E-state index in [1.807, 2.05) is 0 Å². The van der Waals surface area contributed by atoms with Crippen LogP contribution in [0.4, 0.5) is 5.69 Å². The molecule has 6 nitrogen and oxygen atoms in total. The van der Waals surface area contributed by atoms with Crippen molar-refractivity contribution in [3.63, 3.8) is 0 Å². The molecule has 0 aliphatic rings. The first-order chi connectivity index (χ1) is 9.70. The van der Waals surface area contributed by atoms with Crippen molar-refractivity contribution in [2.75, 3.05) is 39.3 Å². The van der Waals surface area contributed by atoms with Crippen LogP contribution in [0.5, 0.6) is 0 Å². The first-order valence-corrected chi connectivity index (χ1v) is 7.47. The molecule has 0 fully saturated rings. The molecule has 0 aliphatic carbocycles. The first-order valence-electron chi connectivity index (χ1n) is 6.68. The fourth-order valence-electron chi connectivity index (χ4n) is 1.70. The topological polar surface area (TPSA) is 65.4 Å². The van der Waals surface area contributed by atoms with Crippen molar-refractivity contribution >= 4 is 21.6 Å². The molecule has 0 bridgehead atoms. The summed E-state index contributed by atoms with van der Waals surface area (Å²) in [7, 11) is 3.30. The van der Waals surface area contributed by atoms with E-state index < -0.39 is 0 Å². The Kier molecular flexibility index (Phi) is 8.48. The molecule has 20 heavy (non-hydrogen) atoms. The lowest BCUT2D eigenvalue weighted by molar-refractivity contribution is 0.181. The number of unbranched alkanes of at least 4 members (excludes halogenated alkanes) is 2. The molecule has 114 valence electrons. The fraction of sp³-hybridized carbons (Fsp3) is 0.692. The lowest BCUT2D eigenvalue weighted by Crippen LogP contribution is -2.26. The normalized spacial score (nSPS) is 10.8. The zero-order valence-corrected chi connectivity index (χ0v) is 13.6. The molecule has 0 atom stereocenters. The van der Waals surface area contributed by atoms with E-state index in [4.69, 9.17) is 9.47 Å². The van der Waals surface area contributed by atoms with Crippen molar-refractivity contribution in [2.24, 2.45) is 0 Å². The third kappa shape index (κ3) is 5.60. The van der Waals surface area contributed by atoms with Gasteiger partial charge in [-0.05, 0) is 35.2 Å². The van der Waals surface area contributed by atoms with E-state index in [0.29, 0.717) is 17.6 Å². The Bertz CT molecular complexity index is 451. The molecule has 1 heterocycles. The molecule has 0 saturated heterocycles. The van der Waals surface area contributed by atoms with Crippen molar-refractivity contribution in [3.05, 3.63) is 21.0 Å². The van der Waals surface area contributed by atoms with Gasteiger partial charge in [0, 0.05) is 27.4 Å². The van der Waals surface area contributed by atoms with E-state index in [9.17, 15) is 4.79 Å². The van der Waals surface area contributed by atoms with Gasteiger partial charge in [0.15, 0.2) is 0 Å². The largest absolute Gasteiger partial charge is 0.385 e. The van der Waals surface area contributed by atoms with E-state index >= 15 is 0 Å². The maximum atomic E-state index is 12.0. The van der Waals surface area contributed by atoms with Crippen molar-refractivity contribution < 1.29 is 9.47 Å². The zero-order chi connectivity index (χ0) is 14.8. The third-order valence-corrected chi connectivity index (χ3v) is 3.60. The second-order valence-corrected chi connectivity index (χ2v) is 5.17. The molecule has 0 spiro atoms. The molecular formula is C13H22BrN3O3. The second-order valence-electron chi connectivity index (χ2n) is 4.37. The van der Waals surface area contributed by atoms with Gasteiger partial charge in [-0.25, -0.2) is 4.68 Å². The lowest BCUT2D eigenvalue weighted by Gasteiger charge is -2.10. The summed E-state index contributed by atoms with van der Waals surface area (Å²) in [5.74, 6) is 0. The number of methoxy groups -OCH3 is 2. The number of nitrogens with one attached hydrogen (secondary N) is 1. The predicted molar refractivity (Wildman–Crippen MR) is 82.3 cm³/mol. The van der Waals surface area contributed by atoms with E-state index in [1.54, 1.807) is 20.4 Å². The van der Waals surface area contributed by atoms with Crippen LogP contribution in [-0.2, 0) is 16.0 Å². The highest BCUT2D eigenvalue weighted by Crippen LogP contribution is 2.16. The summed E-state index contributed by atoms with van der Waals surface area (Å²) in [6, 6.07) is 0. The predicted octanol–water partition coefficient (Wildman–Crippen LogP) is 1.88. The van der Waals surface area contributed by atoms with Gasteiger partial charge < -0.3 is 14.8 Å². The molecule has 0 aromatic carbocycles. The van der Waals surface area contributed by atoms with E-state index in [-0.39, 0.29) is 5.56 Å². The van der Waals surface area contributed by atoms with Gasteiger partial charge in [0.05, 0.1) is 25.0 Å². The van der Waals surface area contributed by atoms with Crippen molar-refractivity contribution in [1.82, 2.24) is 9.78 Å². The summed E-state index contributed by atoms with van der Waals surface area (Å²) in [5, 5.41) is 7.34. The quantitative estimate of drug-likeness (QED) is 0.654. The average molecular weight is 348 g/mol. The molecule has 0 amide bonds. The number of anilines is 1. The summed E-state index contributed by atoms with van der Waals surface area (Å²) >= 11 is 3.32. The number of halogens is 1. The number of rotatable bonds is 10. The van der Waals surface area contributed by atoms with E-state index in [0.717, 1.165) is 38.1 Å². The third-order valence-electron chi connectivity index (χ3n) is 2.83. The van der Waals surface area contributed by atoms with Gasteiger partial charge in [0.2, 0.25) is 0 Å². The van der Waals surface area contributed by atoms with Crippen LogP contribution < -0.4 is 10.9 Å². The SMILES string of the molecule is COCCCCCNc1cnn(CCOC)c(=O)c1Br. The van der Waals surface area contributed by atoms with Crippen LogP contribution in [0.1, 0.15) is 19.3 Å². The van der Waals surface area contributed by atoms with Crippen LogP contribution in [-0.4, -0.2) is 43.8 Å². The molecule has 0 aliphatic heterocycles. The Labute approximate surface area is 127 Å². The highest BCUT2D eigenvalue weighted by molar-refractivity contribution is 9.10. The Morgan fingerprint density at radius 1 is 1.25 bits per heavy atom. The standard InChI is InChI=1S/C13H22BrN3O3/c1-19-8-5-3-4-6-15-11-10-16-17(7-9-20-2)13(18)12(11)14/h10,15H,3-9H2,1-2H3. The average Bonchev–Trinajstić information content (AvgIpc) is 2.46. The van der Waals surface area contributed by atoms with Crippen LogP contribution in [0.15, 0.2) is 15.5 Å². The summed E-state index contributed by atoms with van der Waals surface area (Å²) in [5.41, 5.74) is 0.585. The summed E-state index contributed by atoms with van der Waals surface area (Å²) in [4.78, 5) is 12.0. The van der Waals surface area contributed by atoms with E-state index in [1.165, 1.54) is 4.68 Å². The fourth-order valence-corrected chi connectivity index (χ4v) is 2.14. The molecule has 1 rings (SSSR count). The monoisotopic (exact) mass is 347 g/mol. The Hall–Kier alpha value is -0.920. The molecule has 1 N–H and O–H groups in total. The van der Waals surface area contributed by atoms with Crippen LogP contribution >= 0.6 is 15.9 Å². The maximum Gasteiger partial charge on any atom is 0.283 e. The van der Waals surface area contributed by atoms with Gasteiger partial charge in [0.1, 0.15) is 4.47 Å². The highest BCUT2D eigenvalue weighted by atomic mass is 79.9. The van der Waals surface area contributed by atoms with Gasteiger partial charge in [-0.15, -0.1) is 0 Å². The summed E-state index contributed by atoms with van der Waals surface area (Å²) in [6.07, 6.45) is 4.84. The number of nitrogens with zero attached hydrogens (tertiary/aromatic N) is 2. The van der Waals surface area contributed by atoms with Crippen LogP contribution in [0, 0.1) is 0 Å². The van der Waals surface area contributed by atoms with E-state index in [2.05, 4.69) is 26.3 Å². The molecule has 0 unspecified atom stereocenters. The molecule has 7 heteroatoms. The Morgan fingerprint density at radius 3 is 2.70 bits per heavy atom. The van der Waals surface area contributed by atoms with Gasteiger partial charge in [-0.3, -0.25) is 4.79 Å². The number of hydrogen-bond donors (Lipinski definition) is 1. The first kappa shape index (κ1) is 17.1. The van der Waals surface area contributed by atoms with Crippen molar-refractivity contribution in [1.29, 1.82) is 0 Å². The Balaban J connectivity index is 2.47. The van der Waals surface area contributed by atoms with Crippen molar-refractivity contribution in [2.45, 2.75) is 25.8 Å². The molecular weight excluding hydrogens is 326 g/mol. The lowest BCUT2D eigenvalue weighted by atomic mass is 10.2. The minimum absolute atomic E-state index is 0.147. The maximum absolute atomic E-state index is 12.0. The minimum atomic E-state index is -0.147. The van der Waals surface area contributed by atoms with Gasteiger partial charge in [-0.2, -0.15) is 5.10 Å². The van der Waals surface area contributed by atoms with Crippen LogP contribution in [0.2, 0.25) is 0 Å². The summed E-state index contributed by atoms with van der Waals surface area (Å²) < 4.78 is 11.8. The second kappa shape index (κ2) is 9.90. The van der Waals surface area contributed by atoms with Gasteiger partial charge >= 0.3 is 0 Å². The highest BCUT2D eigenvalue weighted by Gasteiger charge is 2.08. The number of ether oxygens (including phenoxy) is 2. The smallest absolute Gasteiger partial charge is 0.283 e. The van der Waals surface area contributed by atoms with Gasteiger partial charge in [-0.1, -0.05) is 0 Å². The molecule has 0 saturated carbocycles. The zero-order valence-electron chi connectivity index (χ0n) is 12.0. The summed E-state index contributed by atoms with van der Waals surface area (Å²) in [6.45, 7) is 2.52. The molecule has 1 aromatic rings. The van der Waals surface area contributed by atoms with Crippen molar-refractivity contribution in [3.8, 4) is 0 Å². The molecule has 1 aromatic heterocycles.